The number of hydrogen-bond donors (Lipinski definition) is 2. The van der Waals surface area contributed by atoms with E-state index in [9.17, 15) is 23.1 Å². The minimum absolute atomic E-state index is 0.263. The van der Waals surface area contributed by atoms with E-state index in [1.54, 1.807) is 13.8 Å². The van der Waals surface area contributed by atoms with Gasteiger partial charge in [0.05, 0.1) is 0 Å². The Bertz CT molecular complexity index is 467. The van der Waals surface area contributed by atoms with Crippen molar-refractivity contribution in [3.63, 3.8) is 0 Å². The first-order chi connectivity index (χ1) is 9.27. The van der Waals surface area contributed by atoms with Crippen molar-refractivity contribution in [3.8, 4) is 0 Å². The van der Waals surface area contributed by atoms with Gasteiger partial charge in [-0.15, -0.1) is 0 Å². The second kappa shape index (κ2) is 6.77. The van der Waals surface area contributed by atoms with Crippen LogP contribution in [0.2, 0.25) is 0 Å². The number of nitrogens with zero attached hydrogens (tertiary/aromatic N) is 1. The predicted octanol–water partition coefficient (Wildman–Crippen LogP) is -0.265. The number of thioether (sulfide) groups is 1. The Morgan fingerprint density at radius 3 is 2.35 bits per heavy atom. The molecular weight excluding hydrogens is 304 g/mol. The van der Waals surface area contributed by atoms with Crippen LogP contribution in [0.25, 0.3) is 0 Å². The van der Waals surface area contributed by atoms with E-state index >= 15 is 0 Å². The van der Waals surface area contributed by atoms with Gasteiger partial charge in [0.1, 0.15) is 11.3 Å². The first-order valence-corrected chi connectivity index (χ1v) is 9.13. The molecule has 1 aliphatic rings. The van der Waals surface area contributed by atoms with E-state index in [1.165, 1.54) is 16.1 Å². The second-order valence-electron chi connectivity index (χ2n) is 4.58. The van der Waals surface area contributed by atoms with Crippen molar-refractivity contribution in [2.24, 2.45) is 0 Å². The first-order valence-electron chi connectivity index (χ1n) is 6.37. The summed E-state index contributed by atoms with van der Waals surface area (Å²) < 4.78 is 25.1. The molecule has 1 saturated heterocycles. The number of carboxylic acid groups (broad SMARTS) is 1. The topological polar surface area (TPSA) is 104 Å². The largest absolute Gasteiger partial charge is 0.479 e. The van der Waals surface area contributed by atoms with Crippen molar-refractivity contribution in [1.29, 1.82) is 0 Å². The quantitative estimate of drug-likeness (QED) is 0.668. The van der Waals surface area contributed by atoms with E-state index in [0.717, 1.165) is 0 Å². The molecule has 116 valence electrons. The summed E-state index contributed by atoms with van der Waals surface area (Å²) in [6.45, 7) is 3.94. The van der Waals surface area contributed by atoms with Crippen LogP contribution in [0, 0.1) is 0 Å². The summed E-state index contributed by atoms with van der Waals surface area (Å²) in [5.74, 6) is -1.69. The zero-order chi connectivity index (χ0) is 15.4. The summed E-state index contributed by atoms with van der Waals surface area (Å²) in [6.07, 6.45) is 0.310. The van der Waals surface area contributed by atoms with Crippen molar-refractivity contribution >= 4 is 33.7 Å². The Kier molecular flexibility index (Phi) is 5.84. The highest BCUT2D eigenvalue weighted by molar-refractivity contribution is 7.99. The lowest BCUT2D eigenvalue weighted by molar-refractivity contribution is -0.146. The number of hydrogen-bond acceptors (Lipinski definition) is 5. The zero-order valence-corrected chi connectivity index (χ0v) is 13.2. The Labute approximate surface area is 123 Å². The number of carbonyl (C=O) groups excluding carboxylic acids is 1. The van der Waals surface area contributed by atoms with Gasteiger partial charge in [-0.25, -0.2) is 17.5 Å². The highest BCUT2D eigenvalue weighted by atomic mass is 32.2. The minimum atomic E-state index is -3.69. The van der Waals surface area contributed by atoms with Crippen molar-refractivity contribution in [2.75, 3.05) is 30.3 Å². The van der Waals surface area contributed by atoms with Crippen molar-refractivity contribution in [2.45, 2.75) is 25.8 Å². The van der Waals surface area contributed by atoms with Crippen LogP contribution in [0.3, 0.4) is 0 Å². The van der Waals surface area contributed by atoms with E-state index in [1.807, 2.05) is 0 Å². The lowest BCUT2D eigenvalue weighted by Gasteiger charge is -2.25. The van der Waals surface area contributed by atoms with Gasteiger partial charge in [0.2, 0.25) is 15.9 Å². The Balaban J connectivity index is 2.74. The SMILES string of the molecule is CCN(CC)S(=O)(=O)CC(=O)NC1(C(=O)O)CCSC1. The molecule has 0 radical (unpaired) electrons. The van der Waals surface area contributed by atoms with Gasteiger partial charge < -0.3 is 10.4 Å². The highest BCUT2D eigenvalue weighted by Crippen LogP contribution is 2.28. The van der Waals surface area contributed by atoms with Crippen LogP contribution >= 0.6 is 11.8 Å². The van der Waals surface area contributed by atoms with E-state index < -0.39 is 33.2 Å². The third-order valence-corrected chi connectivity index (χ3v) is 6.34. The number of aliphatic carboxylic acids is 1. The molecule has 2 N–H and O–H groups in total. The van der Waals surface area contributed by atoms with Crippen molar-refractivity contribution in [3.05, 3.63) is 0 Å². The van der Waals surface area contributed by atoms with E-state index in [-0.39, 0.29) is 18.8 Å². The summed E-state index contributed by atoms with van der Waals surface area (Å²) in [7, 11) is -3.69. The first kappa shape index (κ1) is 17.3. The van der Waals surface area contributed by atoms with Crippen LogP contribution in [0.15, 0.2) is 0 Å². The van der Waals surface area contributed by atoms with Gasteiger partial charge in [0.25, 0.3) is 0 Å². The Morgan fingerprint density at radius 1 is 1.35 bits per heavy atom. The smallest absolute Gasteiger partial charge is 0.330 e. The van der Waals surface area contributed by atoms with Gasteiger partial charge in [-0.05, 0) is 12.2 Å². The Morgan fingerprint density at radius 2 is 1.95 bits per heavy atom. The molecule has 0 aliphatic carbocycles. The molecule has 1 heterocycles. The average Bonchev–Trinajstić information content (AvgIpc) is 2.78. The third kappa shape index (κ3) is 3.86. The minimum Gasteiger partial charge on any atom is -0.479 e. The Hall–Kier alpha value is -0.800. The van der Waals surface area contributed by atoms with Crippen molar-refractivity contribution in [1.82, 2.24) is 9.62 Å². The molecule has 9 heteroatoms. The van der Waals surface area contributed by atoms with E-state index in [0.29, 0.717) is 12.2 Å². The van der Waals surface area contributed by atoms with E-state index in [2.05, 4.69) is 5.32 Å². The molecule has 1 fully saturated rings. The summed E-state index contributed by atoms with van der Waals surface area (Å²) in [4.78, 5) is 23.2. The molecule has 7 nitrogen and oxygen atoms in total. The monoisotopic (exact) mass is 324 g/mol. The molecule has 20 heavy (non-hydrogen) atoms. The van der Waals surface area contributed by atoms with Crippen LogP contribution in [-0.4, -0.2) is 65.6 Å². The lowest BCUT2D eigenvalue weighted by Crippen LogP contribution is -2.56. The van der Waals surface area contributed by atoms with Gasteiger partial charge >= 0.3 is 5.97 Å². The fourth-order valence-corrected chi connectivity index (χ4v) is 4.76. The predicted molar refractivity (Wildman–Crippen MR) is 77.2 cm³/mol. The van der Waals surface area contributed by atoms with Gasteiger partial charge in [-0.1, -0.05) is 13.8 Å². The molecule has 0 spiro atoms. The average molecular weight is 324 g/mol. The molecule has 0 aromatic rings. The molecule has 0 saturated carbocycles. The fourth-order valence-electron chi connectivity index (χ4n) is 2.06. The van der Waals surface area contributed by atoms with Gasteiger partial charge in [0.15, 0.2) is 0 Å². The number of carbonyl (C=O) groups is 2. The molecule has 1 amide bonds. The molecular formula is C11H20N2O5S2. The maximum atomic E-state index is 12.0. The maximum absolute atomic E-state index is 12.0. The van der Waals surface area contributed by atoms with Crippen LogP contribution in [0.5, 0.6) is 0 Å². The fraction of sp³-hybridized carbons (Fsp3) is 0.818. The highest BCUT2D eigenvalue weighted by Gasteiger charge is 2.43. The number of sulfonamides is 1. The lowest BCUT2D eigenvalue weighted by atomic mass is 9.99. The van der Waals surface area contributed by atoms with Crippen LogP contribution in [0.1, 0.15) is 20.3 Å². The molecule has 0 aromatic heterocycles. The maximum Gasteiger partial charge on any atom is 0.330 e. The molecule has 1 atom stereocenters. The van der Waals surface area contributed by atoms with Crippen LogP contribution in [0.4, 0.5) is 0 Å². The molecule has 0 aromatic carbocycles. The number of amides is 1. The van der Waals surface area contributed by atoms with Gasteiger partial charge in [0, 0.05) is 18.8 Å². The van der Waals surface area contributed by atoms with Gasteiger partial charge in [-0.2, -0.15) is 11.8 Å². The molecule has 1 unspecified atom stereocenters. The summed E-state index contributed by atoms with van der Waals surface area (Å²) in [5.41, 5.74) is -1.33. The zero-order valence-electron chi connectivity index (χ0n) is 11.6. The summed E-state index contributed by atoms with van der Waals surface area (Å²) >= 11 is 1.43. The number of nitrogens with one attached hydrogen (secondary N) is 1. The normalized spacial score (nSPS) is 22.9. The summed E-state index contributed by atoms with van der Waals surface area (Å²) in [5, 5.41) is 11.6. The van der Waals surface area contributed by atoms with Crippen molar-refractivity contribution < 1.29 is 23.1 Å². The molecule has 1 aliphatic heterocycles. The standard InChI is InChI=1S/C11H20N2O5S2/c1-3-13(4-2)20(17,18)7-9(14)12-11(10(15)16)5-6-19-8-11/h3-8H2,1-2H3,(H,12,14)(H,15,16). The molecule has 0 bridgehead atoms. The second-order valence-corrected chi connectivity index (χ2v) is 7.65. The van der Waals surface area contributed by atoms with E-state index in [4.69, 9.17) is 0 Å². The van der Waals surface area contributed by atoms with Crippen LogP contribution in [-0.2, 0) is 19.6 Å². The number of carboxylic acids is 1. The number of rotatable bonds is 7. The van der Waals surface area contributed by atoms with Crippen LogP contribution < -0.4 is 5.32 Å². The summed E-state index contributed by atoms with van der Waals surface area (Å²) in [6, 6.07) is 0. The molecule has 1 rings (SSSR count). The van der Waals surface area contributed by atoms with Gasteiger partial charge in [-0.3, -0.25) is 4.79 Å². The third-order valence-electron chi connectivity index (χ3n) is 3.22.